The molecule has 0 amide bonds. The second-order valence-corrected chi connectivity index (χ2v) is 4.12. The Morgan fingerprint density at radius 1 is 1.40 bits per heavy atom. The summed E-state index contributed by atoms with van der Waals surface area (Å²) in [6, 6.07) is 3.93. The van der Waals surface area contributed by atoms with Gasteiger partial charge in [0.2, 0.25) is 0 Å². The van der Waals surface area contributed by atoms with E-state index >= 15 is 0 Å². The minimum Gasteiger partial charge on any atom is -0.479 e. The van der Waals surface area contributed by atoms with Crippen LogP contribution >= 0.6 is 0 Å². The molecule has 3 nitrogen and oxygen atoms in total. The topological polar surface area (TPSA) is 42.2 Å². The highest BCUT2D eigenvalue weighted by molar-refractivity contribution is 5.80. The lowest BCUT2D eigenvalue weighted by atomic mass is 9.98. The number of carboxylic acid groups (broad SMARTS) is 1. The van der Waals surface area contributed by atoms with Crippen molar-refractivity contribution in [2.45, 2.75) is 32.2 Å². The molecule has 1 heterocycles. The highest BCUT2D eigenvalue weighted by Gasteiger charge is 2.40. The molecule has 80 valence electrons. The molecule has 1 N–H and O–H groups in total. The van der Waals surface area contributed by atoms with E-state index in [0.717, 1.165) is 17.8 Å². The normalized spacial score (nSPS) is 24.7. The smallest absolute Gasteiger partial charge is 0.333 e. The van der Waals surface area contributed by atoms with E-state index in [2.05, 4.69) is 0 Å². The molecule has 15 heavy (non-hydrogen) atoms. The number of aromatic nitrogens is 1. The van der Waals surface area contributed by atoms with Gasteiger partial charge >= 0.3 is 5.97 Å². The summed E-state index contributed by atoms with van der Waals surface area (Å²) in [5.74, 6) is -0.765. The Morgan fingerprint density at radius 3 is 2.40 bits per heavy atom. The first-order chi connectivity index (χ1) is 7.08. The lowest BCUT2D eigenvalue weighted by molar-refractivity contribution is -0.145. The molecule has 0 aromatic carbocycles. The van der Waals surface area contributed by atoms with Gasteiger partial charge in [-0.3, -0.25) is 0 Å². The van der Waals surface area contributed by atoms with Crippen molar-refractivity contribution < 1.29 is 9.90 Å². The minimum absolute atomic E-state index is 0.651. The molecule has 1 aromatic heterocycles. The molecule has 1 atom stereocenters. The fraction of sp³-hybridized carbons (Fsp3) is 0.417. The zero-order valence-electron chi connectivity index (χ0n) is 9.03. The number of carboxylic acids is 1. The Hall–Kier alpha value is -1.51. The average Bonchev–Trinajstić information content (AvgIpc) is 2.74. The standard InChI is InChI=1S/C12H15NO2/c1-9-5-6-10(2)13(9)12(11(14)15)7-3-4-8-12/h3,5-7H,4,8H2,1-2H3,(H,14,15). The maximum absolute atomic E-state index is 11.5. The van der Waals surface area contributed by atoms with Gasteiger partial charge in [-0.2, -0.15) is 0 Å². The Balaban J connectivity index is 2.60. The summed E-state index contributed by atoms with van der Waals surface area (Å²) < 4.78 is 1.92. The predicted molar refractivity (Wildman–Crippen MR) is 57.9 cm³/mol. The van der Waals surface area contributed by atoms with Gasteiger partial charge in [-0.15, -0.1) is 0 Å². The van der Waals surface area contributed by atoms with Crippen LogP contribution in [0.5, 0.6) is 0 Å². The van der Waals surface area contributed by atoms with Crippen LogP contribution in [0.15, 0.2) is 24.3 Å². The lowest BCUT2D eigenvalue weighted by Crippen LogP contribution is -2.39. The molecule has 1 unspecified atom stereocenters. The molecular formula is C12H15NO2. The van der Waals surface area contributed by atoms with E-state index in [1.54, 1.807) is 0 Å². The number of carbonyl (C=O) groups is 1. The number of hydrogen-bond donors (Lipinski definition) is 1. The number of allylic oxidation sites excluding steroid dienone is 1. The number of aryl methyl sites for hydroxylation is 2. The molecule has 2 rings (SSSR count). The van der Waals surface area contributed by atoms with Crippen LogP contribution < -0.4 is 0 Å². The van der Waals surface area contributed by atoms with Crippen LogP contribution in [0.3, 0.4) is 0 Å². The van der Waals surface area contributed by atoms with Crippen molar-refractivity contribution in [1.29, 1.82) is 0 Å². The Bertz CT molecular complexity index is 411. The van der Waals surface area contributed by atoms with Gasteiger partial charge in [0.1, 0.15) is 0 Å². The minimum atomic E-state index is -0.850. The van der Waals surface area contributed by atoms with Crippen LogP contribution in [-0.2, 0) is 10.3 Å². The third-order valence-electron chi connectivity index (χ3n) is 3.13. The quantitative estimate of drug-likeness (QED) is 0.752. The first-order valence-corrected chi connectivity index (χ1v) is 5.14. The van der Waals surface area contributed by atoms with Gasteiger partial charge in [-0.1, -0.05) is 12.2 Å². The van der Waals surface area contributed by atoms with Crippen LogP contribution in [0.4, 0.5) is 0 Å². The van der Waals surface area contributed by atoms with Crippen LogP contribution in [0.1, 0.15) is 24.2 Å². The Morgan fingerprint density at radius 2 is 2.00 bits per heavy atom. The molecule has 1 aromatic rings. The van der Waals surface area contributed by atoms with E-state index in [1.165, 1.54) is 0 Å². The zero-order valence-corrected chi connectivity index (χ0v) is 9.03. The van der Waals surface area contributed by atoms with Gasteiger partial charge in [-0.05, 0) is 38.8 Å². The van der Waals surface area contributed by atoms with Crippen molar-refractivity contribution in [3.05, 3.63) is 35.7 Å². The monoisotopic (exact) mass is 205 g/mol. The largest absolute Gasteiger partial charge is 0.479 e. The van der Waals surface area contributed by atoms with Crippen molar-refractivity contribution in [3.63, 3.8) is 0 Å². The van der Waals surface area contributed by atoms with E-state index in [4.69, 9.17) is 0 Å². The van der Waals surface area contributed by atoms with Gasteiger partial charge in [0, 0.05) is 11.4 Å². The lowest BCUT2D eigenvalue weighted by Gasteiger charge is -2.28. The van der Waals surface area contributed by atoms with Gasteiger partial charge in [0.15, 0.2) is 5.54 Å². The molecule has 0 radical (unpaired) electrons. The second kappa shape index (κ2) is 3.26. The maximum Gasteiger partial charge on any atom is 0.333 e. The van der Waals surface area contributed by atoms with Crippen LogP contribution in [0.2, 0.25) is 0 Å². The fourth-order valence-electron chi connectivity index (χ4n) is 2.42. The average molecular weight is 205 g/mol. The summed E-state index contributed by atoms with van der Waals surface area (Å²) in [6.07, 6.45) is 5.25. The summed E-state index contributed by atoms with van der Waals surface area (Å²) in [5.41, 5.74) is 1.15. The van der Waals surface area contributed by atoms with Crippen molar-refractivity contribution in [1.82, 2.24) is 4.57 Å². The zero-order chi connectivity index (χ0) is 11.1. The van der Waals surface area contributed by atoms with Crippen LogP contribution in [-0.4, -0.2) is 15.6 Å². The highest BCUT2D eigenvalue weighted by atomic mass is 16.4. The van der Waals surface area contributed by atoms with E-state index in [1.807, 2.05) is 42.7 Å². The Labute approximate surface area is 89.0 Å². The summed E-state index contributed by atoms with van der Waals surface area (Å²) in [6.45, 7) is 3.90. The molecular weight excluding hydrogens is 190 g/mol. The highest BCUT2D eigenvalue weighted by Crippen LogP contribution is 2.33. The van der Waals surface area contributed by atoms with Crippen LogP contribution in [0, 0.1) is 13.8 Å². The molecule has 0 spiro atoms. The Kier molecular flexibility index (Phi) is 2.18. The first kappa shape index (κ1) is 10.0. The second-order valence-electron chi connectivity index (χ2n) is 4.12. The van der Waals surface area contributed by atoms with Gasteiger partial charge in [0.05, 0.1) is 0 Å². The number of aliphatic carboxylic acids is 1. The van der Waals surface area contributed by atoms with E-state index < -0.39 is 11.5 Å². The molecule has 0 saturated carbocycles. The molecule has 3 heteroatoms. The summed E-state index contributed by atoms with van der Waals surface area (Å²) >= 11 is 0. The molecule has 1 aliphatic carbocycles. The predicted octanol–water partition coefficient (Wildman–Crippen LogP) is 2.23. The van der Waals surface area contributed by atoms with Crippen molar-refractivity contribution >= 4 is 5.97 Å². The van der Waals surface area contributed by atoms with Crippen molar-refractivity contribution in [2.75, 3.05) is 0 Å². The summed E-state index contributed by atoms with van der Waals surface area (Å²) in [7, 11) is 0. The SMILES string of the molecule is Cc1ccc(C)n1C1(C(=O)O)C=CCC1. The third kappa shape index (κ3) is 1.30. The first-order valence-electron chi connectivity index (χ1n) is 5.14. The van der Waals surface area contributed by atoms with E-state index in [0.29, 0.717) is 6.42 Å². The molecule has 0 bridgehead atoms. The maximum atomic E-state index is 11.5. The molecule has 0 saturated heterocycles. The van der Waals surface area contributed by atoms with Crippen molar-refractivity contribution in [3.8, 4) is 0 Å². The van der Waals surface area contributed by atoms with Crippen molar-refractivity contribution in [2.24, 2.45) is 0 Å². The summed E-state index contributed by atoms with van der Waals surface area (Å²) in [5, 5.41) is 9.41. The van der Waals surface area contributed by atoms with Gasteiger partial charge < -0.3 is 9.67 Å². The molecule has 0 aliphatic heterocycles. The molecule has 1 aliphatic rings. The third-order valence-corrected chi connectivity index (χ3v) is 3.13. The van der Waals surface area contributed by atoms with E-state index in [9.17, 15) is 9.90 Å². The number of rotatable bonds is 2. The van der Waals surface area contributed by atoms with Crippen LogP contribution in [0.25, 0.3) is 0 Å². The van der Waals surface area contributed by atoms with E-state index in [-0.39, 0.29) is 0 Å². The number of hydrogen-bond acceptors (Lipinski definition) is 1. The molecule has 0 fully saturated rings. The summed E-state index contributed by atoms with van der Waals surface area (Å²) in [4.78, 5) is 11.5. The fourth-order valence-corrected chi connectivity index (χ4v) is 2.42. The van der Waals surface area contributed by atoms with Gasteiger partial charge in [0.25, 0.3) is 0 Å². The number of nitrogens with zero attached hydrogens (tertiary/aromatic N) is 1. The van der Waals surface area contributed by atoms with Gasteiger partial charge in [-0.25, -0.2) is 4.79 Å².